The van der Waals surface area contributed by atoms with Gasteiger partial charge in [0, 0.05) is 17.8 Å². The van der Waals surface area contributed by atoms with Crippen LogP contribution in [0.5, 0.6) is 5.75 Å². The number of rotatable bonds is 6. The molecule has 22 heavy (non-hydrogen) atoms. The summed E-state index contributed by atoms with van der Waals surface area (Å²) in [5.74, 6) is -0.891. The Morgan fingerprint density at radius 3 is 2.68 bits per heavy atom. The molecule has 0 fully saturated rings. The third kappa shape index (κ3) is 4.86. The Balaban J connectivity index is 2.84. The second-order valence-electron chi connectivity index (χ2n) is 4.16. The van der Waals surface area contributed by atoms with Crippen molar-refractivity contribution in [2.75, 3.05) is 7.11 Å². The number of benzene rings is 1. The maximum Gasteiger partial charge on any atom is 0.255 e. The number of nitrogens with one attached hydrogen (secondary N) is 1. The van der Waals surface area contributed by atoms with Gasteiger partial charge in [-0.1, -0.05) is 35.8 Å². The van der Waals surface area contributed by atoms with Crippen LogP contribution < -0.4 is 10.1 Å². The lowest BCUT2D eigenvalue weighted by Gasteiger charge is -2.09. The number of aliphatic imine (C=N–C) groups is 1. The molecular formula is C15H15Cl2FN2O2. The van der Waals surface area contributed by atoms with Crippen LogP contribution in [0.4, 0.5) is 4.39 Å². The molecule has 1 aromatic rings. The quantitative estimate of drug-likeness (QED) is 0.631. The van der Waals surface area contributed by atoms with Crippen molar-refractivity contribution in [1.29, 1.82) is 0 Å². The molecule has 0 aliphatic rings. The monoisotopic (exact) mass is 344 g/mol. The Bertz CT molecular complexity index is 638. The predicted octanol–water partition coefficient (Wildman–Crippen LogP) is 3.74. The van der Waals surface area contributed by atoms with E-state index in [9.17, 15) is 9.18 Å². The van der Waals surface area contributed by atoms with Gasteiger partial charge in [-0.15, -0.1) is 0 Å². The smallest absolute Gasteiger partial charge is 0.255 e. The first kappa shape index (κ1) is 18.2. The van der Waals surface area contributed by atoms with Gasteiger partial charge in [-0.3, -0.25) is 4.79 Å². The van der Waals surface area contributed by atoms with Gasteiger partial charge >= 0.3 is 0 Å². The van der Waals surface area contributed by atoms with Crippen LogP contribution in [0.1, 0.15) is 12.5 Å². The molecule has 0 unspecified atom stereocenters. The van der Waals surface area contributed by atoms with E-state index < -0.39 is 11.7 Å². The SMILES string of the molecule is C=CN=C(Cl)/C(C(=O)NCc1ccc(OC)c(F)c1)=C(\C)Cl. The number of hydrogen-bond donors (Lipinski definition) is 1. The van der Waals surface area contributed by atoms with Crippen molar-refractivity contribution < 1.29 is 13.9 Å². The predicted molar refractivity (Wildman–Crippen MR) is 86.8 cm³/mol. The Morgan fingerprint density at radius 2 is 2.18 bits per heavy atom. The molecule has 0 radical (unpaired) electrons. The highest BCUT2D eigenvalue weighted by atomic mass is 35.5. The maximum absolute atomic E-state index is 13.6. The number of carbonyl (C=O) groups excluding carboxylic acids is 1. The van der Waals surface area contributed by atoms with E-state index in [4.69, 9.17) is 27.9 Å². The number of amides is 1. The molecule has 0 aliphatic heterocycles. The van der Waals surface area contributed by atoms with Gasteiger partial charge in [0.2, 0.25) is 0 Å². The summed E-state index contributed by atoms with van der Waals surface area (Å²) in [5, 5.41) is 2.72. The second-order valence-corrected chi connectivity index (χ2v) is 5.09. The lowest BCUT2D eigenvalue weighted by Crippen LogP contribution is -2.27. The van der Waals surface area contributed by atoms with Gasteiger partial charge in [-0.25, -0.2) is 9.38 Å². The molecule has 1 rings (SSSR count). The topological polar surface area (TPSA) is 50.7 Å². The number of allylic oxidation sites excluding steroid dienone is 1. The number of carbonyl (C=O) groups is 1. The minimum absolute atomic E-state index is 0.0391. The van der Waals surface area contributed by atoms with Crippen LogP contribution in [0.25, 0.3) is 0 Å². The number of nitrogens with zero attached hydrogens (tertiary/aromatic N) is 1. The Labute approximate surface area is 138 Å². The van der Waals surface area contributed by atoms with E-state index in [0.29, 0.717) is 5.56 Å². The van der Waals surface area contributed by atoms with E-state index in [2.05, 4.69) is 16.9 Å². The van der Waals surface area contributed by atoms with Crippen LogP contribution in [-0.2, 0) is 11.3 Å². The van der Waals surface area contributed by atoms with E-state index in [0.717, 1.165) is 0 Å². The van der Waals surface area contributed by atoms with Gasteiger partial charge in [-0.2, -0.15) is 0 Å². The summed E-state index contributed by atoms with van der Waals surface area (Å²) in [6, 6.07) is 4.39. The molecule has 4 nitrogen and oxygen atoms in total. The summed E-state index contributed by atoms with van der Waals surface area (Å²) in [4.78, 5) is 15.8. The standard InChI is InChI=1S/C15H15Cl2FN2O2/c1-4-19-14(17)13(9(2)16)15(21)20-8-10-5-6-12(22-3)11(18)7-10/h4-7H,1,8H2,2-3H3,(H,20,21)/b13-9-,19-14?. The Morgan fingerprint density at radius 1 is 1.50 bits per heavy atom. The summed E-state index contributed by atoms with van der Waals surface area (Å²) < 4.78 is 18.4. The molecule has 118 valence electrons. The summed E-state index contributed by atoms with van der Waals surface area (Å²) in [5.41, 5.74) is 0.604. The molecular weight excluding hydrogens is 330 g/mol. The molecule has 0 aliphatic carbocycles. The maximum atomic E-state index is 13.6. The van der Waals surface area contributed by atoms with Crippen LogP contribution in [0.15, 0.2) is 46.6 Å². The number of hydrogen-bond acceptors (Lipinski definition) is 3. The number of methoxy groups -OCH3 is 1. The third-order valence-electron chi connectivity index (χ3n) is 2.65. The highest BCUT2D eigenvalue weighted by molar-refractivity contribution is 6.73. The van der Waals surface area contributed by atoms with Crippen molar-refractivity contribution >= 4 is 34.3 Å². The molecule has 0 bridgehead atoms. The van der Waals surface area contributed by atoms with Gasteiger partial charge in [0.05, 0.1) is 12.7 Å². The first-order chi connectivity index (χ1) is 10.4. The first-order valence-electron chi connectivity index (χ1n) is 6.22. The van der Waals surface area contributed by atoms with Crippen LogP contribution in [0, 0.1) is 5.82 Å². The zero-order chi connectivity index (χ0) is 16.7. The van der Waals surface area contributed by atoms with Crippen molar-refractivity contribution in [3.05, 3.63) is 53.0 Å². The Hall–Kier alpha value is -1.85. The molecule has 0 heterocycles. The minimum Gasteiger partial charge on any atom is -0.494 e. The van der Waals surface area contributed by atoms with Gasteiger partial charge < -0.3 is 10.1 Å². The summed E-state index contributed by atoms with van der Waals surface area (Å²) >= 11 is 11.7. The summed E-state index contributed by atoms with van der Waals surface area (Å²) in [7, 11) is 1.38. The molecule has 0 atom stereocenters. The number of ether oxygens (including phenoxy) is 1. The minimum atomic E-state index is -0.515. The average Bonchev–Trinajstić information content (AvgIpc) is 2.45. The van der Waals surface area contributed by atoms with Crippen molar-refractivity contribution in [3.8, 4) is 5.75 Å². The zero-order valence-electron chi connectivity index (χ0n) is 12.1. The third-order valence-corrected chi connectivity index (χ3v) is 3.13. The molecule has 0 saturated carbocycles. The molecule has 0 aromatic heterocycles. The van der Waals surface area contributed by atoms with E-state index >= 15 is 0 Å². The van der Waals surface area contributed by atoms with Crippen LogP contribution in [0.2, 0.25) is 0 Å². The molecule has 1 N–H and O–H groups in total. The number of halogens is 3. The molecule has 0 spiro atoms. The average molecular weight is 345 g/mol. The lowest BCUT2D eigenvalue weighted by molar-refractivity contribution is -0.117. The van der Waals surface area contributed by atoms with Crippen molar-refractivity contribution in [2.24, 2.45) is 4.99 Å². The second kappa shape index (κ2) is 8.56. The van der Waals surface area contributed by atoms with Gasteiger partial charge in [-0.05, 0) is 24.6 Å². The van der Waals surface area contributed by atoms with Crippen LogP contribution in [0.3, 0.4) is 0 Å². The van der Waals surface area contributed by atoms with Crippen LogP contribution >= 0.6 is 23.2 Å². The summed E-state index contributed by atoms with van der Waals surface area (Å²) in [6.07, 6.45) is 1.20. The molecule has 0 saturated heterocycles. The fraction of sp³-hybridized carbons (Fsp3) is 0.200. The van der Waals surface area contributed by atoms with Crippen molar-refractivity contribution in [3.63, 3.8) is 0 Å². The van der Waals surface area contributed by atoms with Crippen molar-refractivity contribution in [2.45, 2.75) is 13.5 Å². The van der Waals surface area contributed by atoms with Gasteiger partial charge in [0.25, 0.3) is 5.91 Å². The molecule has 1 aromatic carbocycles. The van der Waals surface area contributed by atoms with Gasteiger partial charge in [0.1, 0.15) is 5.17 Å². The highest BCUT2D eigenvalue weighted by Crippen LogP contribution is 2.18. The van der Waals surface area contributed by atoms with E-state index in [1.54, 1.807) is 6.07 Å². The van der Waals surface area contributed by atoms with E-state index in [1.807, 2.05) is 0 Å². The zero-order valence-corrected chi connectivity index (χ0v) is 13.6. The Kier molecular flexibility index (Phi) is 7.08. The largest absolute Gasteiger partial charge is 0.494 e. The normalized spacial score (nSPS) is 12.5. The van der Waals surface area contributed by atoms with Crippen LogP contribution in [-0.4, -0.2) is 18.2 Å². The fourth-order valence-corrected chi connectivity index (χ4v) is 2.15. The first-order valence-corrected chi connectivity index (χ1v) is 6.97. The van der Waals surface area contributed by atoms with Gasteiger partial charge in [0.15, 0.2) is 11.6 Å². The van der Waals surface area contributed by atoms with E-state index in [-0.39, 0.29) is 28.1 Å². The fourth-order valence-electron chi connectivity index (χ4n) is 1.63. The molecule has 7 heteroatoms. The highest BCUT2D eigenvalue weighted by Gasteiger charge is 2.17. The van der Waals surface area contributed by atoms with E-state index in [1.165, 1.54) is 32.4 Å². The lowest BCUT2D eigenvalue weighted by atomic mass is 10.2. The summed E-state index contributed by atoms with van der Waals surface area (Å²) in [6.45, 7) is 5.02. The van der Waals surface area contributed by atoms with Crippen molar-refractivity contribution in [1.82, 2.24) is 5.32 Å². The molecule has 1 amide bonds.